The van der Waals surface area contributed by atoms with Crippen LogP contribution in [0.4, 0.5) is 0 Å². The molecule has 13 heavy (non-hydrogen) atoms. The van der Waals surface area contributed by atoms with Crippen LogP contribution in [0.15, 0.2) is 0 Å². The molecule has 4 heteroatoms. The van der Waals surface area contributed by atoms with Gasteiger partial charge in [0, 0.05) is 20.3 Å². The van der Waals surface area contributed by atoms with Crippen LogP contribution in [0.2, 0.25) is 0 Å². The molecule has 0 atom stereocenters. The highest BCUT2D eigenvalue weighted by Crippen LogP contribution is 1.74. The molecular formula is C9H13BrO3. The third-order valence-electron chi connectivity index (χ3n) is 0.656. The second-order valence-corrected chi connectivity index (χ2v) is 2.49. The first-order chi connectivity index (χ1) is 6.04. The van der Waals surface area contributed by atoms with Crippen LogP contribution in [0, 0.1) is 11.8 Å². The minimum atomic E-state index is -0.562. The van der Waals surface area contributed by atoms with Crippen molar-refractivity contribution >= 4 is 27.9 Å². The molecule has 0 spiro atoms. The molecule has 0 saturated carbocycles. The van der Waals surface area contributed by atoms with Crippen molar-refractivity contribution in [3.05, 3.63) is 0 Å². The van der Waals surface area contributed by atoms with Crippen LogP contribution in [-0.4, -0.2) is 17.3 Å². The normalized spacial score (nSPS) is 7.08. The highest BCUT2D eigenvalue weighted by Gasteiger charge is 1.93. The lowest BCUT2D eigenvalue weighted by atomic mass is 10.5. The van der Waals surface area contributed by atoms with E-state index in [0.29, 0.717) is 0 Å². The van der Waals surface area contributed by atoms with Gasteiger partial charge in [0.1, 0.15) is 0 Å². The molecule has 0 saturated heterocycles. The number of carbonyl (C=O) groups excluding carboxylic acids is 2. The predicted octanol–water partition coefficient (Wildman–Crippen LogP) is 1.89. The molecule has 0 heterocycles. The number of carbonyl (C=O) groups is 2. The van der Waals surface area contributed by atoms with E-state index in [-0.39, 0.29) is 0 Å². The number of ether oxygens (including phenoxy) is 1. The topological polar surface area (TPSA) is 43.4 Å². The Morgan fingerprint density at radius 3 is 1.77 bits per heavy atom. The molecule has 0 bridgehead atoms. The van der Waals surface area contributed by atoms with Crippen molar-refractivity contribution in [2.45, 2.75) is 27.2 Å². The van der Waals surface area contributed by atoms with Crippen LogP contribution >= 0.6 is 15.9 Å². The molecule has 0 amide bonds. The first-order valence-electron chi connectivity index (χ1n) is 3.75. The zero-order valence-corrected chi connectivity index (χ0v) is 9.60. The molecule has 0 aliphatic rings. The number of hydrogen-bond acceptors (Lipinski definition) is 3. The zero-order valence-electron chi connectivity index (χ0n) is 8.02. The molecule has 0 unspecified atom stereocenters. The van der Waals surface area contributed by atoms with E-state index in [9.17, 15) is 9.59 Å². The van der Waals surface area contributed by atoms with E-state index < -0.39 is 11.9 Å². The summed E-state index contributed by atoms with van der Waals surface area (Å²) in [6.07, 6.45) is 0.964. The summed E-state index contributed by atoms with van der Waals surface area (Å²) in [5.41, 5.74) is 0. The summed E-state index contributed by atoms with van der Waals surface area (Å²) in [7, 11) is 0. The molecule has 0 aromatic carbocycles. The Kier molecular flexibility index (Phi) is 12.6. The van der Waals surface area contributed by atoms with Crippen molar-refractivity contribution in [3.63, 3.8) is 0 Å². The fourth-order valence-electron chi connectivity index (χ4n) is 0.375. The summed E-state index contributed by atoms with van der Waals surface area (Å²) in [4.78, 5) is 19.6. The van der Waals surface area contributed by atoms with Gasteiger partial charge in [-0.05, 0) is 0 Å². The summed E-state index contributed by atoms with van der Waals surface area (Å²) < 4.78 is 3.97. The summed E-state index contributed by atoms with van der Waals surface area (Å²) in [6, 6.07) is 0. The molecule has 0 aliphatic carbocycles. The Hall–Kier alpha value is -0.820. The monoisotopic (exact) mass is 248 g/mol. The predicted molar refractivity (Wildman–Crippen MR) is 54.3 cm³/mol. The van der Waals surface area contributed by atoms with Gasteiger partial charge in [-0.3, -0.25) is 9.59 Å². The third-order valence-corrected chi connectivity index (χ3v) is 0.936. The first kappa shape index (κ1) is 14.7. The lowest BCUT2D eigenvalue weighted by Crippen LogP contribution is -2.03. The summed E-state index contributed by atoms with van der Waals surface area (Å²) >= 11 is 3.18. The van der Waals surface area contributed by atoms with Gasteiger partial charge in [0.25, 0.3) is 0 Å². The van der Waals surface area contributed by atoms with Gasteiger partial charge < -0.3 is 4.74 Å². The van der Waals surface area contributed by atoms with Gasteiger partial charge in [-0.25, -0.2) is 0 Å². The van der Waals surface area contributed by atoms with Crippen molar-refractivity contribution in [2.24, 2.45) is 0 Å². The van der Waals surface area contributed by atoms with Crippen molar-refractivity contribution in [3.8, 4) is 11.8 Å². The minimum Gasteiger partial charge on any atom is -0.394 e. The lowest BCUT2D eigenvalue weighted by molar-refractivity contribution is -0.156. The third kappa shape index (κ3) is 24.7. The maximum absolute atomic E-state index is 9.81. The summed E-state index contributed by atoms with van der Waals surface area (Å²) in [5, 5.41) is 0.806. The Labute approximate surface area is 87.0 Å². The van der Waals surface area contributed by atoms with E-state index in [1.807, 2.05) is 6.92 Å². The van der Waals surface area contributed by atoms with Gasteiger partial charge in [-0.15, -0.1) is 5.92 Å². The molecule has 0 aromatic heterocycles. The van der Waals surface area contributed by atoms with Crippen LogP contribution in [0.3, 0.4) is 0 Å². The Balaban J connectivity index is 0. The average molecular weight is 249 g/mol. The van der Waals surface area contributed by atoms with Crippen molar-refractivity contribution in [1.82, 2.24) is 0 Å². The van der Waals surface area contributed by atoms with Crippen LogP contribution in [0.25, 0.3) is 0 Å². The SMILES string of the molecule is CC(=O)OC(C)=O.CCC#CCBr. The molecule has 0 radical (unpaired) electrons. The molecule has 0 aromatic rings. The van der Waals surface area contributed by atoms with Crippen LogP contribution in [-0.2, 0) is 14.3 Å². The number of rotatable bonds is 0. The average Bonchev–Trinajstić information content (AvgIpc) is 1.99. The molecule has 3 nitrogen and oxygen atoms in total. The highest BCUT2D eigenvalue weighted by molar-refractivity contribution is 9.09. The van der Waals surface area contributed by atoms with E-state index in [4.69, 9.17) is 0 Å². The summed E-state index contributed by atoms with van der Waals surface area (Å²) in [6.45, 7) is 4.40. The van der Waals surface area contributed by atoms with Crippen LogP contribution in [0.1, 0.15) is 27.2 Å². The van der Waals surface area contributed by atoms with Gasteiger partial charge >= 0.3 is 11.9 Å². The van der Waals surface area contributed by atoms with E-state index >= 15 is 0 Å². The largest absolute Gasteiger partial charge is 0.394 e. The van der Waals surface area contributed by atoms with Gasteiger partial charge in [-0.2, -0.15) is 0 Å². The van der Waals surface area contributed by atoms with Crippen molar-refractivity contribution in [2.75, 3.05) is 5.33 Å². The van der Waals surface area contributed by atoms with Crippen molar-refractivity contribution < 1.29 is 14.3 Å². The van der Waals surface area contributed by atoms with Gasteiger partial charge in [0.05, 0.1) is 5.33 Å². The minimum absolute atomic E-state index is 0.562. The quantitative estimate of drug-likeness (QED) is 0.285. The highest BCUT2D eigenvalue weighted by atomic mass is 79.9. The van der Waals surface area contributed by atoms with Crippen LogP contribution < -0.4 is 0 Å². The van der Waals surface area contributed by atoms with E-state index in [1.54, 1.807) is 0 Å². The first-order valence-corrected chi connectivity index (χ1v) is 4.87. The maximum Gasteiger partial charge on any atom is 0.310 e. The number of alkyl halides is 1. The van der Waals surface area contributed by atoms with Gasteiger partial charge in [-0.1, -0.05) is 28.8 Å². The smallest absolute Gasteiger partial charge is 0.310 e. The Bertz CT molecular complexity index is 193. The van der Waals surface area contributed by atoms with Crippen molar-refractivity contribution in [1.29, 1.82) is 0 Å². The zero-order chi connectivity index (χ0) is 10.7. The second kappa shape index (κ2) is 11.2. The second-order valence-electron chi connectivity index (χ2n) is 1.93. The van der Waals surface area contributed by atoms with E-state index in [0.717, 1.165) is 11.8 Å². The molecule has 74 valence electrons. The van der Waals surface area contributed by atoms with Gasteiger partial charge in [0.15, 0.2) is 0 Å². The molecule has 0 N–H and O–H groups in total. The van der Waals surface area contributed by atoms with E-state index in [1.165, 1.54) is 13.8 Å². The molecular weight excluding hydrogens is 236 g/mol. The Morgan fingerprint density at radius 1 is 1.23 bits per heavy atom. The number of halogens is 1. The van der Waals surface area contributed by atoms with Gasteiger partial charge in [0.2, 0.25) is 0 Å². The fraction of sp³-hybridized carbons (Fsp3) is 0.556. The summed E-state index contributed by atoms with van der Waals surface area (Å²) in [5.74, 6) is 4.64. The van der Waals surface area contributed by atoms with E-state index in [2.05, 4.69) is 32.5 Å². The number of esters is 2. The standard InChI is InChI=1S/C5H7Br.C4H6O3/c1-2-3-4-5-6;1-3(5)7-4(2)6/h2,5H2,1H3;1-2H3. The fourth-order valence-corrected chi connectivity index (χ4v) is 0.573. The maximum atomic E-state index is 9.81. The number of hydrogen-bond donors (Lipinski definition) is 0. The van der Waals surface area contributed by atoms with Crippen LogP contribution in [0.5, 0.6) is 0 Å². The lowest BCUT2D eigenvalue weighted by Gasteiger charge is -1.87. The molecule has 0 rings (SSSR count). The Morgan fingerprint density at radius 2 is 1.69 bits per heavy atom. The molecule has 0 fully saturated rings. The molecule has 0 aliphatic heterocycles.